The van der Waals surface area contributed by atoms with Crippen molar-refractivity contribution in [1.29, 1.82) is 0 Å². The zero-order valence-corrected chi connectivity index (χ0v) is 8.72. The molecule has 0 saturated carbocycles. The van der Waals surface area contributed by atoms with Crippen LogP contribution in [0.2, 0.25) is 0 Å². The van der Waals surface area contributed by atoms with E-state index in [2.05, 4.69) is 10.1 Å². The van der Waals surface area contributed by atoms with E-state index in [0.717, 1.165) is 50.7 Å². The molecule has 5 heteroatoms. The monoisotopic (exact) mass is 208 g/mol. The molecule has 3 heterocycles. The Morgan fingerprint density at radius 1 is 1.40 bits per heavy atom. The zero-order valence-electron chi connectivity index (χ0n) is 8.72. The minimum Gasteiger partial charge on any atom is -0.381 e. The van der Waals surface area contributed by atoms with Crippen LogP contribution < -0.4 is 5.73 Å². The standard InChI is InChI=1S/C10H16N4O/c11-8-2-1-4-14-10(8)12-9(13-14)7-3-5-15-6-7/h7-8H,1-6,11H2. The lowest BCUT2D eigenvalue weighted by molar-refractivity contribution is 0.193. The van der Waals surface area contributed by atoms with E-state index in [9.17, 15) is 0 Å². The van der Waals surface area contributed by atoms with Gasteiger partial charge in [0.15, 0.2) is 5.82 Å². The van der Waals surface area contributed by atoms with Gasteiger partial charge in [0.25, 0.3) is 0 Å². The van der Waals surface area contributed by atoms with Crippen molar-refractivity contribution < 1.29 is 4.74 Å². The highest BCUT2D eigenvalue weighted by molar-refractivity contribution is 5.05. The summed E-state index contributed by atoms with van der Waals surface area (Å²) in [6, 6.07) is 0.0716. The fourth-order valence-electron chi connectivity index (χ4n) is 2.31. The number of aryl methyl sites for hydroxylation is 1. The lowest BCUT2D eigenvalue weighted by Gasteiger charge is -2.17. The molecule has 2 aliphatic heterocycles. The summed E-state index contributed by atoms with van der Waals surface area (Å²) < 4.78 is 7.32. The van der Waals surface area contributed by atoms with E-state index in [-0.39, 0.29) is 6.04 Å². The van der Waals surface area contributed by atoms with E-state index in [4.69, 9.17) is 10.5 Å². The van der Waals surface area contributed by atoms with Gasteiger partial charge < -0.3 is 10.5 Å². The van der Waals surface area contributed by atoms with E-state index in [1.807, 2.05) is 4.68 Å². The highest BCUT2D eigenvalue weighted by Gasteiger charge is 2.26. The molecule has 2 N–H and O–H groups in total. The van der Waals surface area contributed by atoms with Gasteiger partial charge in [0, 0.05) is 19.1 Å². The van der Waals surface area contributed by atoms with Gasteiger partial charge in [-0.25, -0.2) is 9.67 Å². The van der Waals surface area contributed by atoms with E-state index in [1.54, 1.807) is 0 Å². The molecule has 0 aliphatic carbocycles. The second kappa shape index (κ2) is 3.57. The number of rotatable bonds is 1. The molecule has 15 heavy (non-hydrogen) atoms. The number of nitrogens with two attached hydrogens (primary N) is 1. The molecule has 1 saturated heterocycles. The molecule has 0 spiro atoms. The van der Waals surface area contributed by atoms with E-state index in [0.29, 0.717) is 5.92 Å². The highest BCUT2D eigenvalue weighted by Crippen LogP contribution is 2.26. The Bertz CT molecular complexity index is 356. The fraction of sp³-hybridized carbons (Fsp3) is 0.800. The molecule has 0 aromatic carbocycles. The van der Waals surface area contributed by atoms with Crippen molar-refractivity contribution in [3.05, 3.63) is 11.6 Å². The number of hydrogen-bond donors (Lipinski definition) is 1. The second-order valence-electron chi connectivity index (χ2n) is 4.36. The molecule has 1 fully saturated rings. The topological polar surface area (TPSA) is 66.0 Å². The van der Waals surface area contributed by atoms with Crippen LogP contribution in [0.15, 0.2) is 0 Å². The minimum absolute atomic E-state index is 0.0716. The van der Waals surface area contributed by atoms with Crippen molar-refractivity contribution >= 4 is 0 Å². The number of hydrogen-bond acceptors (Lipinski definition) is 4. The third kappa shape index (κ3) is 1.55. The summed E-state index contributed by atoms with van der Waals surface area (Å²) in [5, 5.41) is 4.53. The largest absolute Gasteiger partial charge is 0.381 e. The van der Waals surface area contributed by atoms with Crippen molar-refractivity contribution in [1.82, 2.24) is 14.8 Å². The zero-order chi connectivity index (χ0) is 10.3. The molecule has 5 nitrogen and oxygen atoms in total. The van der Waals surface area contributed by atoms with Crippen molar-refractivity contribution in [3.63, 3.8) is 0 Å². The maximum atomic E-state index is 6.00. The lowest BCUT2D eigenvalue weighted by Crippen LogP contribution is -2.22. The predicted molar refractivity (Wildman–Crippen MR) is 54.4 cm³/mol. The molecular formula is C10H16N4O. The first-order valence-electron chi connectivity index (χ1n) is 5.62. The van der Waals surface area contributed by atoms with E-state index in [1.165, 1.54) is 0 Å². The first kappa shape index (κ1) is 9.30. The van der Waals surface area contributed by atoms with Gasteiger partial charge in [-0.05, 0) is 19.3 Å². The van der Waals surface area contributed by atoms with Gasteiger partial charge in [-0.15, -0.1) is 0 Å². The number of fused-ring (bicyclic) bond motifs is 1. The molecule has 1 aromatic heterocycles. The molecule has 0 amide bonds. The van der Waals surface area contributed by atoms with Gasteiger partial charge in [0.2, 0.25) is 0 Å². The number of nitrogens with zero attached hydrogens (tertiary/aromatic N) is 3. The van der Waals surface area contributed by atoms with Crippen LogP contribution in [-0.4, -0.2) is 28.0 Å². The third-order valence-electron chi connectivity index (χ3n) is 3.23. The highest BCUT2D eigenvalue weighted by atomic mass is 16.5. The van der Waals surface area contributed by atoms with Crippen molar-refractivity contribution in [3.8, 4) is 0 Å². The van der Waals surface area contributed by atoms with Crippen LogP contribution in [-0.2, 0) is 11.3 Å². The van der Waals surface area contributed by atoms with Gasteiger partial charge in [0.05, 0.1) is 12.6 Å². The Labute approximate surface area is 88.6 Å². The molecule has 2 atom stereocenters. The molecule has 0 bridgehead atoms. The normalized spacial score (nSPS) is 30.5. The summed E-state index contributed by atoms with van der Waals surface area (Å²) in [7, 11) is 0. The average Bonchev–Trinajstić information content (AvgIpc) is 2.86. The van der Waals surface area contributed by atoms with Crippen LogP contribution in [0.1, 0.15) is 42.9 Å². The Hall–Kier alpha value is -0.940. The summed E-state index contributed by atoms with van der Waals surface area (Å²) >= 11 is 0. The Balaban J connectivity index is 1.90. The predicted octanol–water partition coefficient (Wildman–Crippen LogP) is 0.576. The van der Waals surface area contributed by atoms with Crippen LogP contribution >= 0.6 is 0 Å². The second-order valence-corrected chi connectivity index (χ2v) is 4.36. The van der Waals surface area contributed by atoms with Gasteiger partial charge in [0.1, 0.15) is 5.82 Å². The van der Waals surface area contributed by atoms with Gasteiger partial charge >= 0.3 is 0 Å². The summed E-state index contributed by atoms with van der Waals surface area (Å²) in [6.45, 7) is 2.56. The minimum atomic E-state index is 0.0716. The SMILES string of the molecule is NC1CCCn2nc(C3CCOC3)nc21. The van der Waals surface area contributed by atoms with E-state index < -0.39 is 0 Å². The quantitative estimate of drug-likeness (QED) is 0.733. The van der Waals surface area contributed by atoms with Crippen LogP contribution in [0.5, 0.6) is 0 Å². The summed E-state index contributed by atoms with van der Waals surface area (Å²) in [4.78, 5) is 4.56. The Morgan fingerprint density at radius 3 is 3.07 bits per heavy atom. The van der Waals surface area contributed by atoms with Gasteiger partial charge in [-0.2, -0.15) is 5.10 Å². The van der Waals surface area contributed by atoms with Crippen molar-refractivity contribution in [2.75, 3.05) is 13.2 Å². The first-order valence-corrected chi connectivity index (χ1v) is 5.62. The molecular weight excluding hydrogens is 192 g/mol. The smallest absolute Gasteiger partial charge is 0.156 e. The van der Waals surface area contributed by atoms with Crippen LogP contribution in [0.4, 0.5) is 0 Å². The Morgan fingerprint density at radius 2 is 2.33 bits per heavy atom. The fourth-order valence-corrected chi connectivity index (χ4v) is 2.31. The van der Waals surface area contributed by atoms with Crippen LogP contribution in [0, 0.1) is 0 Å². The molecule has 1 aromatic rings. The number of ether oxygens (including phenoxy) is 1. The third-order valence-corrected chi connectivity index (χ3v) is 3.23. The first-order chi connectivity index (χ1) is 7.34. The van der Waals surface area contributed by atoms with Gasteiger partial charge in [-0.3, -0.25) is 0 Å². The summed E-state index contributed by atoms with van der Waals surface area (Å²) in [6.07, 6.45) is 3.18. The molecule has 0 radical (unpaired) electrons. The lowest BCUT2D eigenvalue weighted by atomic mass is 10.1. The maximum Gasteiger partial charge on any atom is 0.156 e. The molecule has 2 unspecified atom stereocenters. The van der Waals surface area contributed by atoms with E-state index >= 15 is 0 Å². The van der Waals surface area contributed by atoms with Gasteiger partial charge in [-0.1, -0.05) is 0 Å². The van der Waals surface area contributed by atoms with Crippen molar-refractivity contribution in [2.45, 2.75) is 37.8 Å². The maximum absolute atomic E-state index is 6.00. The van der Waals surface area contributed by atoms with Crippen LogP contribution in [0.3, 0.4) is 0 Å². The van der Waals surface area contributed by atoms with Crippen LogP contribution in [0.25, 0.3) is 0 Å². The van der Waals surface area contributed by atoms with Crippen molar-refractivity contribution in [2.24, 2.45) is 5.73 Å². The average molecular weight is 208 g/mol. The summed E-state index contributed by atoms with van der Waals surface area (Å²) in [5.41, 5.74) is 6.00. The summed E-state index contributed by atoms with van der Waals surface area (Å²) in [5.74, 6) is 2.28. The number of aromatic nitrogens is 3. The molecule has 3 rings (SSSR count). The Kier molecular flexibility index (Phi) is 2.21. The molecule has 82 valence electrons. The molecule has 2 aliphatic rings.